The maximum absolute atomic E-state index is 9.51. The first kappa shape index (κ1) is 10.1. The molecule has 0 bridgehead atoms. The van der Waals surface area contributed by atoms with E-state index in [1.807, 2.05) is 31.2 Å². The van der Waals surface area contributed by atoms with Gasteiger partial charge in [-0.15, -0.1) is 0 Å². The van der Waals surface area contributed by atoms with Crippen LogP contribution in [0.15, 0.2) is 28.7 Å². The van der Waals surface area contributed by atoms with Gasteiger partial charge >= 0.3 is 0 Å². The molecule has 1 unspecified atom stereocenters. The second-order valence-corrected chi connectivity index (χ2v) is 4.28. The van der Waals surface area contributed by atoms with Gasteiger partial charge in [-0.25, -0.2) is 0 Å². The maximum Gasteiger partial charge on any atom is 0.203 e. The summed E-state index contributed by atoms with van der Waals surface area (Å²) in [7, 11) is -1.44. The molecule has 1 rings (SSSR count). The molecule has 0 radical (unpaired) electrons. The fourth-order valence-corrected chi connectivity index (χ4v) is 2.39. The highest BCUT2D eigenvalue weighted by Gasteiger charge is 2.10. The van der Waals surface area contributed by atoms with Crippen molar-refractivity contribution >= 4 is 29.6 Å². The Balaban J connectivity index is 2.79. The summed E-state index contributed by atoms with van der Waals surface area (Å²) in [5, 5.41) is 0.828. The molecule has 0 spiro atoms. The SMILES string of the molecule is CCOP(O)c1ccccc1Br. The molecule has 0 aliphatic rings. The third-order valence-corrected chi connectivity index (χ3v) is 3.61. The molecule has 0 heterocycles. The molecule has 1 aromatic carbocycles. The predicted molar refractivity (Wildman–Crippen MR) is 54.5 cm³/mol. The third-order valence-electron chi connectivity index (χ3n) is 1.31. The Morgan fingerprint density at radius 1 is 1.50 bits per heavy atom. The van der Waals surface area contributed by atoms with E-state index in [0.717, 1.165) is 9.78 Å². The summed E-state index contributed by atoms with van der Waals surface area (Å²) in [4.78, 5) is 9.51. The molecule has 0 saturated carbocycles. The van der Waals surface area contributed by atoms with Crippen molar-refractivity contribution in [2.45, 2.75) is 6.92 Å². The summed E-state index contributed by atoms with van der Waals surface area (Å²) in [6.45, 7) is 2.39. The number of halogens is 1. The van der Waals surface area contributed by atoms with E-state index in [4.69, 9.17) is 4.52 Å². The Morgan fingerprint density at radius 3 is 2.75 bits per heavy atom. The van der Waals surface area contributed by atoms with Gasteiger partial charge in [0, 0.05) is 9.78 Å². The highest BCUT2D eigenvalue weighted by Crippen LogP contribution is 2.32. The molecule has 0 fully saturated rings. The Kier molecular flexibility index (Phi) is 4.16. The van der Waals surface area contributed by atoms with Crippen LogP contribution in [-0.2, 0) is 4.52 Å². The zero-order valence-electron chi connectivity index (χ0n) is 6.70. The van der Waals surface area contributed by atoms with Gasteiger partial charge < -0.3 is 9.42 Å². The van der Waals surface area contributed by atoms with Gasteiger partial charge in [0.2, 0.25) is 8.38 Å². The monoisotopic (exact) mass is 248 g/mol. The number of benzene rings is 1. The summed E-state index contributed by atoms with van der Waals surface area (Å²) in [6.07, 6.45) is 0. The summed E-state index contributed by atoms with van der Waals surface area (Å²) >= 11 is 3.34. The summed E-state index contributed by atoms with van der Waals surface area (Å²) in [5.41, 5.74) is 0. The highest BCUT2D eigenvalue weighted by atomic mass is 79.9. The number of rotatable bonds is 3. The van der Waals surface area contributed by atoms with Crippen LogP contribution in [0.5, 0.6) is 0 Å². The molecule has 4 heteroatoms. The average molecular weight is 249 g/mol. The second kappa shape index (κ2) is 4.93. The zero-order chi connectivity index (χ0) is 8.97. The summed E-state index contributed by atoms with van der Waals surface area (Å²) < 4.78 is 5.99. The van der Waals surface area contributed by atoms with Crippen LogP contribution in [0.3, 0.4) is 0 Å². The van der Waals surface area contributed by atoms with E-state index in [1.54, 1.807) is 0 Å². The highest BCUT2D eigenvalue weighted by molar-refractivity contribution is 9.10. The Labute approximate surface area is 81.6 Å². The molecule has 2 nitrogen and oxygen atoms in total. The van der Waals surface area contributed by atoms with Gasteiger partial charge in [0.1, 0.15) is 0 Å². The molecule has 1 aromatic rings. The molecule has 1 N–H and O–H groups in total. The first-order valence-corrected chi connectivity index (χ1v) is 5.62. The predicted octanol–water partition coefficient (Wildman–Crippen LogP) is 2.42. The summed E-state index contributed by atoms with van der Waals surface area (Å²) in [5.74, 6) is 0. The number of hydrogen-bond donors (Lipinski definition) is 1. The zero-order valence-corrected chi connectivity index (χ0v) is 9.18. The standard InChI is InChI=1S/C8H10BrO2P/c1-2-11-12(10)8-6-4-3-5-7(8)9/h3-6,10H,2H2,1H3. The Bertz CT molecular complexity index is 255. The van der Waals surface area contributed by atoms with Gasteiger partial charge in [0.05, 0.1) is 6.61 Å². The maximum atomic E-state index is 9.51. The van der Waals surface area contributed by atoms with Crippen LogP contribution in [0.1, 0.15) is 6.92 Å². The number of hydrogen-bond acceptors (Lipinski definition) is 2. The lowest BCUT2D eigenvalue weighted by Gasteiger charge is -2.10. The molecule has 0 aliphatic heterocycles. The minimum absolute atomic E-state index is 0.531. The lowest BCUT2D eigenvalue weighted by atomic mass is 10.4. The van der Waals surface area contributed by atoms with Crippen LogP contribution in [-0.4, -0.2) is 11.5 Å². The quantitative estimate of drug-likeness (QED) is 0.833. The smallest absolute Gasteiger partial charge is 0.203 e. The molecule has 0 amide bonds. The van der Waals surface area contributed by atoms with E-state index >= 15 is 0 Å². The van der Waals surface area contributed by atoms with E-state index in [2.05, 4.69) is 15.9 Å². The largest absolute Gasteiger partial charge is 0.346 e. The molecule has 0 aromatic heterocycles. The lowest BCUT2D eigenvalue weighted by molar-refractivity contribution is 0.337. The first-order valence-electron chi connectivity index (χ1n) is 3.62. The third kappa shape index (κ3) is 2.53. The van der Waals surface area contributed by atoms with E-state index in [9.17, 15) is 4.89 Å². The summed E-state index contributed by atoms with van der Waals surface area (Å²) in [6, 6.07) is 7.53. The van der Waals surface area contributed by atoms with Gasteiger partial charge in [0.15, 0.2) is 0 Å². The first-order chi connectivity index (χ1) is 5.75. The topological polar surface area (TPSA) is 29.5 Å². The molecule has 66 valence electrons. The molecule has 1 atom stereocenters. The van der Waals surface area contributed by atoms with E-state index in [-0.39, 0.29) is 0 Å². The van der Waals surface area contributed by atoms with Crippen molar-refractivity contribution in [2.24, 2.45) is 0 Å². The van der Waals surface area contributed by atoms with E-state index in [0.29, 0.717) is 6.61 Å². The normalized spacial score (nSPS) is 12.9. The fraction of sp³-hybridized carbons (Fsp3) is 0.250. The van der Waals surface area contributed by atoms with Crippen molar-refractivity contribution in [2.75, 3.05) is 6.61 Å². The van der Waals surface area contributed by atoms with Crippen molar-refractivity contribution in [3.8, 4) is 0 Å². The van der Waals surface area contributed by atoms with Gasteiger partial charge in [-0.1, -0.05) is 12.1 Å². The van der Waals surface area contributed by atoms with Crippen molar-refractivity contribution in [1.29, 1.82) is 0 Å². The molecule has 0 aliphatic carbocycles. The van der Waals surface area contributed by atoms with E-state index in [1.165, 1.54) is 0 Å². The fourth-order valence-electron chi connectivity index (χ4n) is 0.799. The average Bonchev–Trinajstić information content (AvgIpc) is 2.05. The van der Waals surface area contributed by atoms with Crippen molar-refractivity contribution < 1.29 is 9.42 Å². The van der Waals surface area contributed by atoms with Crippen LogP contribution in [0.2, 0.25) is 0 Å². The van der Waals surface area contributed by atoms with Gasteiger partial charge in [-0.2, -0.15) is 0 Å². The lowest BCUT2D eigenvalue weighted by Crippen LogP contribution is -2.03. The minimum atomic E-state index is -1.44. The molecule has 12 heavy (non-hydrogen) atoms. The van der Waals surface area contributed by atoms with Crippen LogP contribution in [0.25, 0.3) is 0 Å². The Morgan fingerprint density at radius 2 is 2.17 bits per heavy atom. The van der Waals surface area contributed by atoms with Crippen molar-refractivity contribution in [3.05, 3.63) is 28.7 Å². The van der Waals surface area contributed by atoms with Gasteiger partial charge in [-0.3, -0.25) is 0 Å². The van der Waals surface area contributed by atoms with Gasteiger partial charge in [0.25, 0.3) is 0 Å². The van der Waals surface area contributed by atoms with Crippen molar-refractivity contribution in [1.82, 2.24) is 0 Å². The van der Waals surface area contributed by atoms with Gasteiger partial charge in [-0.05, 0) is 35.0 Å². The Hall–Kier alpha value is 0.0500. The molecule has 0 saturated heterocycles. The van der Waals surface area contributed by atoms with Crippen molar-refractivity contribution in [3.63, 3.8) is 0 Å². The van der Waals surface area contributed by atoms with E-state index < -0.39 is 8.38 Å². The van der Waals surface area contributed by atoms with Crippen LogP contribution < -0.4 is 5.30 Å². The minimum Gasteiger partial charge on any atom is -0.346 e. The van der Waals surface area contributed by atoms with Crippen LogP contribution >= 0.6 is 24.3 Å². The van der Waals surface area contributed by atoms with Crippen LogP contribution in [0, 0.1) is 0 Å². The second-order valence-electron chi connectivity index (χ2n) is 2.14. The molecular weight excluding hydrogens is 239 g/mol. The molecular formula is C8H10BrO2P. The van der Waals surface area contributed by atoms with Crippen LogP contribution in [0.4, 0.5) is 0 Å².